The topological polar surface area (TPSA) is 134 Å². The summed E-state index contributed by atoms with van der Waals surface area (Å²) in [6, 6.07) is 0. The molecular formula is C43H82NO8P. The zero-order valence-corrected chi connectivity index (χ0v) is 35.2. The molecule has 0 aliphatic heterocycles. The predicted octanol–water partition coefficient (Wildman–Crippen LogP) is 12.4. The van der Waals surface area contributed by atoms with Crippen LogP contribution in [-0.2, 0) is 32.7 Å². The molecule has 0 saturated carbocycles. The van der Waals surface area contributed by atoms with Gasteiger partial charge in [0.1, 0.15) is 6.61 Å². The van der Waals surface area contributed by atoms with E-state index in [2.05, 4.69) is 13.8 Å². The van der Waals surface area contributed by atoms with Gasteiger partial charge < -0.3 is 20.1 Å². The van der Waals surface area contributed by atoms with Crippen LogP contribution in [0.5, 0.6) is 0 Å². The van der Waals surface area contributed by atoms with Gasteiger partial charge in [0.25, 0.3) is 0 Å². The first kappa shape index (κ1) is 51.5. The van der Waals surface area contributed by atoms with Crippen LogP contribution in [0.25, 0.3) is 0 Å². The second-order valence-electron chi connectivity index (χ2n) is 14.6. The summed E-state index contributed by atoms with van der Waals surface area (Å²) in [5.41, 5.74) is 5.34. The highest BCUT2D eigenvalue weighted by atomic mass is 31.2. The number of nitrogens with two attached hydrogens (primary N) is 1. The molecule has 0 aromatic carbocycles. The number of ether oxygens (including phenoxy) is 2. The summed E-state index contributed by atoms with van der Waals surface area (Å²) in [5, 5.41) is 0. The van der Waals surface area contributed by atoms with Gasteiger partial charge in [-0.3, -0.25) is 13.8 Å². The Labute approximate surface area is 325 Å². The number of carbonyl (C=O) groups excluding carboxylic acids is 2. The summed E-state index contributed by atoms with van der Waals surface area (Å²) in [4.78, 5) is 34.7. The van der Waals surface area contributed by atoms with Gasteiger partial charge in [-0.25, -0.2) is 9.36 Å². The Morgan fingerprint density at radius 1 is 0.604 bits per heavy atom. The number of hydrogen-bond donors (Lipinski definition) is 2. The molecule has 0 aromatic heterocycles. The fraction of sp³-hybridized carbons (Fsp3) is 0.860. The van der Waals surface area contributed by atoms with E-state index < -0.39 is 32.5 Å². The Morgan fingerprint density at radius 3 is 1.49 bits per heavy atom. The first-order chi connectivity index (χ1) is 25.8. The number of allylic oxidation sites excluding steroid dienone is 3. The molecule has 0 radical (unpaired) electrons. The molecule has 0 fully saturated rings. The van der Waals surface area contributed by atoms with Crippen LogP contribution in [0, 0.1) is 0 Å². The second-order valence-corrected chi connectivity index (χ2v) is 16.1. The molecule has 10 heteroatoms. The van der Waals surface area contributed by atoms with Gasteiger partial charge >= 0.3 is 19.8 Å². The molecule has 312 valence electrons. The van der Waals surface area contributed by atoms with E-state index >= 15 is 0 Å². The molecular weight excluding hydrogens is 689 g/mol. The molecule has 0 amide bonds. The Hall–Kier alpha value is -1.51. The van der Waals surface area contributed by atoms with Gasteiger partial charge in [0.05, 0.1) is 13.2 Å². The molecule has 0 aromatic rings. The summed E-state index contributed by atoms with van der Waals surface area (Å²) in [6.45, 7) is 3.63. The highest BCUT2D eigenvalue weighted by Crippen LogP contribution is 2.43. The normalized spacial score (nSPS) is 13.5. The standard InChI is InChI=1S/C43H82NO8P/c1-3-5-7-9-11-13-15-17-19-20-22-23-25-27-29-31-33-35-42(45)49-39-41(40-51-53(47,48)50-38-37-44)52-43(46)36-34-32-30-28-26-24-21-18-16-14-12-10-8-6-4-2/h30,32,34,36,41H,3-29,31,33,35,37-40,44H2,1-2H3,(H,47,48)/b32-30+,36-34+/t41-/m1/s1. The molecule has 0 aliphatic rings. The Balaban J connectivity index is 4.20. The number of esters is 2. The lowest BCUT2D eigenvalue weighted by atomic mass is 10.0. The van der Waals surface area contributed by atoms with Crippen molar-refractivity contribution >= 4 is 19.8 Å². The Morgan fingerprint density at radius 2 is 1.04 bits per heavy atom. The van der Waals surface area contributed by atoms with Gasteiger partial charge in [-0.1, -0.05) is 199 Å². The third-order valence-corrected chi connectivity index (χ3v) is 10.4. The lowest BCUT2D eigenvalue weighted by Gasteiger charge is -2.19. The number of phosphoric ester groups is 1. The minimum atomic E-state index is -4.40. The molecule has 3 N–H and O–H groups in total. The lowest BCUT2D eigenvalue weighted by molar-refractivity contribution is -0.157. The molecule has 53 heavy (non-hydrogen) atoms. The van der Waals surface area contributed by atoms with E-state index in [-0.39, 0.29) is 26.2 Å². The molecule has 9 nitrogen and oxygen atoms in total. The average Bonchev–Trinajstić information content (AvgIpc) is 3.14. The lowest BCUT2D eigenvalue weighted by Crippen LogP contribution is -2.29. The van der Waals surface area contributed by atoms with Crippen LogP contribution in [0.4, 0.5) is 0 Å². The van der Waals surface area contributed by atoms with Crippen molar-refractivity contribution in [2.75, 3.05) is 26.4 Å². The fourth-order valence-electron chi connectivity index (χ4n) is 6.19. The fourth-order valence-corrected chi connectivity index (χ4v) is 6.96. The van der Waals surface area contributed by atoms with Crippen LogP contribution in [0.3, 0.4) is 0 Å². The highest BCUT2D eigenvalue weighted by molar-refractivity contribution is 7.47. The van der Waals surface area contributed by atoms with Crippen molar-refractivity contribution in [3.8, 4) is 0 Å². The number of unbranched alkanes of at least 4 members (excludes halogenated alkanes) is 27. The summed E-state index contributed by atoms with van der Waals surface area (Å²) in [7, 11) is -4.40. The number of phosphoric acid groups is 1. The Kier molecular flexibility index (Phi) is 39.0. The molecule has 0 aliphatic carbocycles. The highest BCUT2D eigenvalue weighted by Gasteiger charge is 2.25. The van der Waals surface area contributed by atoms with E-state index in [0.717, 1.165) is 32.1 Å². The summed E-state index contributed by atoms with van der Waals surface area (Å²) < 4.78 is 32.6. The summed E-state index contributed by atoms with van der Waals surface area (Å²) in [6.07, 6.45) is 42.7. The van der Waals surface area contributed by atoms with Gasteiger partial charge in [0.2, 0.25) is 0 Å². The average molecular weight is 772 g/mol. The molecule has 0 spiro atoms. The predicted molar refractivity (Wildman–Crippen MR) is 220 cm³/mol. The maximum atomic E-state index is 12.5. The van der Waals surface area contributed by atoms with Crippen LogP contribution in [-0.4, -0.2) is 49.3 Å². The summed E-state index contributed by atoms with van der Waals surface area (Å²) in [5.74, 6) is -1.07. The SMILES string of the molecule is CCCCCCCCCCCCC/C=C/C=C/C(=O)O[C@H](COC(=O)CCCCCCCCCCCCCCCCCCC)COP(=O)(O)OCCN. The van der Waals surface area contributed by atoms with Crippen molar-refractivity contribution in [3.63, 3.8) is 0 Å². The molecule has 2 atom stereocenters. The summed E-state index contributed by atoms with van der Waals surface area (Å²) >= 11 is 0. The minimum absolute atomic E-state index is 0.0426. The smallest absolute Gasteiger partial charge is 0.462 e. The van der Waals surface area contributed by atoms with Crippen LogP contribution in [0.1, 0.15) is 206 Å². The zero-order valence-electron chi connectivity index (χ0n) is 34.3. The third-order valence-electron chi connectivity index (χ3n) is 9.45. The van der Waals surface area contributed by atoms with E-state index in [9.17, 15) is 19.0 Å². The number of hydrogen-bond acceptors (Lipinski definition) is 8. The van der Waals surface area contributed by atoms with Crippen molar-refractivity contribution in [2.45, 2.75) is 213 Å². The zero-order chi connectivity index (χ0) is 38.9. The minimum Gasteiger partial charge on any atom is -0.462 e. The largest absolute Gasteiger partial charge is 0.472 e. The van der Waals surface area contributed by atoms with Gasteiger partial charge in [-0.2, -0.15) is 0 Å². The molecule has 0 heterocycles. The van der Waals surface area contributed by atoms with Crippen molar-refractivity contribution in [2.24, 2.45) is 5.73 Å². The van der Waals surface area contributed by atoms with E-state index in [1.165, 1.54) is 160 Å². The maximum absolute atomic E-state index is 12.5. The van der Waals surface area contributed by atoms with Gasteiger partial charge in [-0.15, -0.1) is 0 Å². The third kappa shape index (κ3) is 40.0. The van der Waals surface area contributed by atoms with Gasteiger partial charge in [-0.05, 0) is 19.3 Å². The quantitative estimate of drug-likeness (QED) is 0.0205. The number of carbonyl (C=O) groups is 2. The van der Waals surface area contributed by atoms with E-state index in [1.54, 1.807) is 6.08 Å². The van der Waals surface area contributed by atoms with Crippen LogP contribution < -0.4 is 5.73 Å². The molecule has 1 unspecified atom stereocenters. The van der Waals surface area contributed by atoms with Gasteiger partial charge in [0.15, 0.2) is 6.10 Å². The van der Waals surface area contributed by atoms with E-state index in [1.807, 2.05) is 12.2 Å². The molecule has 0 bridgehead atoms. The van der Waals surface area contributed by atoms with Crippen molar-refractivity contribution in [1.29, 1.82) is 0 Å². The maximum Gasteiger partial charge on any atom is 0.472 e. The van der Waals surface area contributed by atoms with Crippen molar-refractivity contribution in [3.05, 3.63) is 24.3 Å². The second kappa shape index (κ2) is 40.2. The van der Waals surface area contributed by atoms with Crippen LogP contribution in [0.2, 0.25) is 0 Å². The first-order valence-electron chi connectivity index (χ1n) is 21.9. The molecule has 0 rings (SSSR count). The van der Waals surface area contributed by atoms with Crippen molar-refractivity contribution < 1.29 is 37.6 Å². The van der Waals surface area contributed by atoms with E-state index in [4.69, 9.17) is 24.3 Å². The number of rotatable bonds is 41. The molecule has 0 saturated heterocycles. The van der Waals surface area contributed by atoms with E-state index in [0.29, 0.717) is 0 Å². The first-order valence-corrected chi connectivity index (χ1v) is 23.4. The Bertz CT molecular complexity index is 928. The van der Waals surface area contributed by atoms with Gasteiger partial charge in [0, 0.05) is 19.0 Å². The van der Waals surface area contributed by atoms with Crippen LogP contribution >= 0.6 is 7.82 Å². The van der Waals surface area contributed by atoms with Crippen molar-refractivity contribution in [1.82, 2.24) is 0 Å². The van der Waals surface area contributed by atoms with Crippen LogP contribution in [0.15, 0.2) is 24.3 Å². The monoisotopic (exact) mass is 772 g/mol.